The van der Waals surface area contributed by atoms with Crippen molar-refractivity contribution in [2.75, 3.05) is 5.32 Å². The maximum Gasteiger partial charge on any atom is 0.319 e. The molecular formula is C21H30FN3O. The topological polar surface area (TPSA) is 44.4 Å². The van der Waals surface area contributed by atoms with Crippen LogP contribution in [0.4, 0.5) is 14.9 Å². The van der Waals surface area contributed by atoms with Crippen LogP contribution >= 0.6 is 0 Å². The summed E-state index contributed by atoms with van der Waals surface area (Å²) in [5.41, 5.74) is 0.628. The minimum absolute atomic E-state index is 0.175. The normalized spacial score (nSPS) is 30.0. The lowest BCUT2D eigenvalue weighted by atomic mass is 9.78. The monoisotopic (exact) mass is 359 g/mol. The molecule has 3 aliphatic rings. The second kappa shape index (κ2) is 7.95. The molecule has 1 aromatic rings. The first kappa shape index (κ1) is 17.8. The molecule has 4 rings (SSSR count). The Labute approximate surface area is 155 Å². The fourth-order valence-electron chi connectivity index (χ4n) is 5.40. The third kappa shape index (κ3) is 4.03. The van der Waals surface area contributed by atoms with Crippen LogP contribution in [0.1, 0.15) is 64.2 Å². The summed E-state index contributed by atoms with van der Waals surface area (Å²) in [7, 11) is 0. The summed E-state index contributed by atoms with van der Waals surface area (Å²) in [6, 6.07) is 8.00. The quantitative estimate of drug-likeness (QED) is 0.824. The highest BCUT2D eigenvalue weighted by atomic mass is 19.1. The van der Waals surface area contributed by atoms with E-state index in [2.05, 4.69) is 15.5 Å². The number of nitrogens with one attached hydrogen (secondary N) is 2. The molecule has 0 spiro atoms. The van der Waals surface area contributed by atoms with Crippen LogP contribution < -0.4 is 10.6 Å². The van der Waals surface area contributed by atoms with Crippen molar-refractivity contribution < 1.29 is 9.18 Å². The molecule has 3 fully saturated rings. The number of anilines is 1. The Morgan fingerprint density at radius 1 is 0.885 bits per heavy atom. The lowest BCUT2D eigenvalue weighted by Crippen LogP contribution is -2.60. The van der Waals surface area contributed by atoms with Gasteiger partial charge in [0.25, 0.3) is 0 Å². The molecule has 0 aromatic heterocycles. The molecule has 2 bridgehead atoms. The molecule has 1 saturated carbocycles. The van der Waals surface area contributed by atoms with Gasteiger partial charge in [0.15, 0.2) is 0 Å². The molecule has 4 nitrogen and oxygen atoms in total. The van der Waals surface area contributed by atoms with E-state index in [-0.39, 0.29) is 17.9 Å². The van der Waals surface area contributed by atoms with E-state index in [1.165, 1.54) is 63.5 Å². The molecular weight excluding hydrogens is 329 g/mol. The number of carbonyl (C=O) groups excluding carboxylic acids is 1. The van der Waals surface area contributed by atoms with Crippen molar-refractivity contribution in [1.82, 2.24) is 10.2 Å². The summed E-state index contributed by atoms with van der Waals surface area (Å²) in [4.78, 5) is 15.2. The van der Waals surface area contributed by atoms with Crippen molar-refractivity contribution in [2.24, 2.45) is 0 Å². The molecule has 5 heteroatoms. The molecule has 2 aliphatic heterocycles. The molecule has 1 aromatic carbocycles. The molecule has 0 unspecified atom stereocenters. The fourth-order valence-corrected chi connectivity index (χ4v) is 5.40. The molecule has 2 saturated heterocycles. The van der Waals surface area contributed by atoms with Crippen LogP contribution in [0.3, 0.4) is 0 Å². The second-order valence-electron chi connectivity index (χ2n) is 8.25. The van der Waals surface area contributed by atoms with Crippen LogP contribution in [-0.4, -0.2) is 35.1 Å². The van der Waals surface area contributed by atoms with Gasteiger partial charge in [0.1, 0.15) is 5.82 Å². The molecule has 2 N–H and O–H groups in total. The summed E-state index contributed by atoms with van der Waals surface area (Å²) in [5, 5.41) is 5.99. The summed E-state index contributed by atoms with van der Waals surface area (Å²) in [5.74, 6) is -0.293. The standard InChI is InChI=1S/C21H30FN3O/c22-15-9-11-16(12-10-15)23-21(26)24-17-13-19-7-4-8-20(14-17)25(19)18-5-2-1-3-6-18/h9-12,17-20H,1-8,13-14H2,(H2,23,24,26)/t19-,20-/m1/s1. The van der Waals surface area contributed by atoms with Gasteiger partial charge in [-0.25, -0.2) is 9.18 Å². The fraction of sp³-hybridized carbons (Fsp3) is 0.667. The van der Waals surface area contributed by atoms with Gasteiger partial charge in [0, 0.05) is 29.9 Å². The Bertz CT molecular complexity index is 600. The maximum absolute atomic E-state index is 13.0. The molecule has 1 aliphatic carbocycles. The van der Waals surface area contributed by atoms with Gasteiger partial charge in [-0.3, -0.25) is 4.90 Å². The zero-order valence-corrected chi connectivity index (χ0v) is 15.4. The Hall–Kier alpha value is -1.62. The van der Waals surface area contributed by atoms with Crippen molar-refractivity contribution in [3.05, 3.63) is 30.1 Å². The van der Waals surface area contributed by atoms with Crippen LogP contribution in [0.25, 0.3) is 0 Å². The number of amides is 2. The Morgan fingerprint density at radius 2 is 1.50 bits per heavy atom. The first-order chi connectivity index (χ1) is 12.7. The van der Waals surface area contributed by atoms with E-state index in [0.717, 1.165) is 18.9 Å². The van der Waals surface area contributed by atoms with E-state index in [1.54, 1.807) is 12.1 Å². The Morgan fingerprint density at radius 3 is 2.15 bits per heavy atom. The lowest BCUT2D eigenvalue weighted by Gasteiger charge is -2.53. The first-order valence-electron chi connectivity index (χ1n) is 10.3. The number of carbonyl (C=O) groups is 1. The highest BCUT2D eigenvalue weighted by Gasteiger charge is 2.41. The Balaban J connectivity index is 1.34. The average molecular weight is 359 g/mol. The highest BCUT2D eigenvalue weighted by Crippen LogP contribution is 2.39. The van der Waals surface area contributed by atoms with E-state index in [4.69, 9.17) is 0 Å². The first-order valence-corrected chi connectivity index (χ1v) is 10.3. The summed E-state index contributed by atoms with van der Waals surface area (Å²) >= 11 is 0. The summed E-state index contributed by atoms with van der Waals surface area (Å²) < 4.78 is 13.0. The van der Waals surface area contributed by atoms with E-state index in [1.807, 2.05) is 0 Å². The number of fused-ring (bicyclic) bond motifs is 2. The SMILES string of the molecule is O=C(Nc1ccc(F)cc1)NC1C[C@H]2CCC[C@H](C1)N2C1CCCCC1. The van der Waals surface area contributed by atoms with Gasteiger partial charge in [-0.15, -0.1) is 0 Å². The van der Waals surface area contributed by atoms with Gasteiger partial charge in [-0.2, -0.15) is 0 Å². The van der Waals surface area contributed by atoms with E-state index in [9.17, 15) is 9.18 Å². The van der Waals surface area contributed by atoms with Gasteiger partial charge in [0.2, 0.25) is 0 Å². The van der Waals surface area contributed by atoms with E-state index >= 15 is 0 Å². The zero-order chi connectivity index (χ0) is 17.9. The molecule has 26 heavy (non-hydrogen) atoms. The molecule has 2 heterocycles. The molecule has 2 atom stereocenters. The van der Waals surface area contributed by atoms with Gasteiger partial charge in [-0.05, 0) is 62.8 Å². The van der Waals surface area contributed by atoms with Crippen molar-refractivity contribution >= 4 is 11.7 Å². The van der Waals surface area contributed by atoms with E-state index < -0.39 is 0 Å². The Kier molecular flexibility index (Phi) is 5.44. The number of halogens is 1. The second-order valence-corrected chi connectivity index (χ2v) is 8.25. The number of urea groups is 1. The van der Waals surface area contributed by atoms with Crippen molar-refractivity contribution in [3.63, 3.8) is 0 Å². The zero-order valence-electron chi connectivity index (χ0n) is 15.4. The summed E-state index contributed by atoms with van der Waals surface area (Å²) in [6.07, 6.45) is 12.8. The minimum atomic E-state index is -0.293. The number of hydrogen-bond acceptors (Lipinski definition) is 2. The predicted molar refractivity (Wildman–Crippen MR) is 102 cm³/mol. The average Bonchev–Trinajstić information content (AvgIpc) is 2.63. The van der Waals surface area contributed by atoms with Crippen LogP contribution in [0.2, 0.25) is 0 Å². The van der Waals surface area contributed by atoms with Crippen LogP contribution in [-0.2, 0) is 0 Å². The van der Waals surface area contributed by atoms with Crippen LogP contribution in [0.5, 0.6) is 0 Å². The van der Waals surface area contributed by atoms with Gasteiger partial charge in [0.05, 0.1) is 0 Å². The van der Waals surface area contributed by atoms with E-state index in [0.29, 0.717) is 17.8 Å². The van der Waals surface area contributed by atoms with Crippen molar-refractivity contribution in [3.8, 4) is 0 Å². The number of benzene rings is 1. The third-order valence-corrected chi connectivity index (χ3v) is 6.46. The largest absolute Gasteiger partial charge is 0.335 e. The number of piperidine rings is 2. The minimum Gasteiger partial charge on any atom is -0.335 e. The summed E-state index contributed by atoms with van der Waals surface area (Å²) in [6.45, 7) is 0. The van der Waals surface area contributed by atoms with Gasteiger partial charge >= 0.3 is 6.03 Å². The maximum atomic E-state index is 13.0. The van der Waals surface area contributed by atoms with Crippen LogP contribution in [0.15, 0.2) is 24.3 Å². The number of rotatable bonds is 3. The van der Waals surface area contributed by atoms with Gasteiger partial charge in [-0.1, -0.05) is 25.7 Å². The molecule has 142 valence electrons. The smallest absolute Gasteiger partial charge is 0.319 e. The van der Waals surface area contributed by atoms with Crippen LogP contribution in [0, 0.1) is 5.82 Å². The number of hydrogen-bond donors (Lipinski definition) is 2. The molecule has 2 amide bonds. The van der Waals surface area contributed by atoms with Gasteiger partial charge < -0.3 is 10.6 Å². The molecule has 0 radical (unpaired) electrons. The van der Waals surface area contributed by atoms with Crippen molar-refractivity contribution in [2.45, 2.75) is 88.4 Å². The third-order valence-electron chi connectivity index (χ3n) is 6.46. The number of nitrogens with zero attached hydrogens (tertiary/aromatic N) is 1. The predicted octanol–water partition coefficient (Wildman–Crippen LogP) is 4.67. The highest BCUT2D eigenvalue weighted by molar-refractivity contribution is 5.89. The van der Waals surface area contributed by atoms with Crippen molar-refractivity contribution in [1.29, 1.82) is 0 Å². The lowest BCUT2D eigenvalue weighted by molar-refractivity contribution is -0.0202.